The molecule has 1 aromatic heterocycles. The largest absolute Gasteiger partial charge is 0.615 e. The molecule has 2 N–H and O–H groups in total. The minimum absolute atomic E-state index is 0.0436. The van der Waals surface area contributed by atoms with Crippen LogP contribution >= 0.6 is 0 Å². The van der Waals surface area contributed by atoms with Crippen LogP contribution in [0.4, 0.5) is 10.1 Å². The lowest BCUT2D eigenvalue weighted by Gasteiger charge is -2.42. The second kappa shape index (κ2) is 10.5. The first-order chi connectivity index (χ1) is 16.6. The van der Waals surface area contributed by atoms with E-state index in [1.54, 1.807) is 31.6 Å². The lowest BCUT2D eigenvalue weighted by atomic mass is 9.85. The Bertz CT molecular complexity index is 1030. The van der Waals surface area contributed by atoms with Crippen molar-refractivity contribution in [2.24, 2.45) is 5.92 Å². The molecule has 0 radical (unpaired) electrons. The molecule has 2 fully saturated rings. The third kappa shape index (κ3) is 5.71. The predicted molar refractivity (Wildman–Crippen MR) is 137 cm³/mol. The van der Waals surface area contributed by atoms with Gasteiger partial charge in [0, 0.05) is 43.6 Å². The maximum absolute atomic E-state index is 15.0. The summed E-state index contributed by atoms with van der Waals surface area (Å²) in [6, 6.07) is 8.13. The van der Waals surface area contributed by atoms with E-state index >= 15 is 0 Å². The van der Waals surface area contributed by atoms with Crippen molar-refractivity contribution in [2.75, 3.05) is 19.0 Å². The Labute approximate surface area is 210 Å². The summed E-state index contributed by atoms with van der Waals surface area (Å²) < 4.78 is 33.2. The zero-order chi connectivity index (χ0) is 25.2. The SMILES string of the molecule is CO[C@H]1CN[C@@H](C(=O)Nc2cc(C(CCC3CC3)(c3ccncc3)[S@+]([O-])C(C)(C)C)ccc2F)C1. The standard InChI is InChI=1S/C27H36FN3O3S/c1-26(2,3)35(33)27(12-9-18-5-6-18,19-10-13-29-14-11-19)20-7-8-22(28)23(15-20)31-25(32)24-16-21(34-4)17-30-24/h7-8,10-11,13-15,18,21,24,30H,5-6,9,12,16-17H2,1-4H3,(H,31,32)/t21-,24-,27?,35-/m1/s1. The Morgan fingerprint density at radius 1 is 1.23 bits per heavy atom. The first-order valence-corrected chi connectivity index (χ1v) is 13.5. The molecule has 2 aromatic rings. The van der Waals surface area contributed by atoms with Crippen molar-refractivity contribution in [1.82, 2.24) is 10.3 Å². The molecule has 1 saturated heterocycles. The van der Waals surface area contributed by atoms with Gasteiger partial charge in [0.25, 0.3) is 0 Å². The molecule has 1 aliphatic heterocycles. The average Bonchev–Trinajstić information content (AvgIpc) is 3.54. The van der Waals surface area contributed by atoms with Crippen molar-refractivity contribution in [3.63, 3.8) is 0 Å². The molecule has 1 saturated carbocycles. The zero-order valence-corrected chi connectivity index (χ0v) is 21.8. The first kappa shape index (κ1) is 26.1. The molecule has 4 atom stereocenters. The highest BCUT2D eigenvalue weighted by atomic mass is 32.2. The monoisotopic (exact) mass is 501 g/mol. The van der Waals surface area contributed by atoms with Crippen LogP contribution in [0.15, 0.2) is 42.7 Å². The van der Waals surface area contributed by atoms with Gasteiger partial charge in [-0.15, -0.1) is 0 Å². The highest BCUT2D eigenvalue weighted by Gasteiger charge is 2.51. The van der Waals surface area contributed by atoms with Crippen molar-refractivity contribution in [1.29, 1.82) is 0 Å². The number of hydrogen-bond donors (Lipinski definition) is 2. The second-order valence-corrected chi connectivity index (χ2v) is 13.1. The molecule has 2 aliphatic rings. The molecule has 0 spiro atoms. The minimum atomic E-state index is -1.35. The molecule has 2 heterocycles. The van der Waals surface area contributed by atoms with E-state index in [0.29, 0.717) is 25.3 Å². The van der Waals surface area contributed by atoms with Crippen LogP contribution in [0, 0.1) is 11.7 Å². The van der Waals surface area contributed by atoms with Crippen LogP contribution in [0.2, 0.25) is 0 Å². The predicted octanol–water partition coefficient (Wildman–Crippen LogP) is 4.52. The molecule has 1 amide bonds. The molecule has 6 nitrogen and oxygen atoms in total. The molecule has 1 aromatic carbocycles. The number of halogens is 1. The van der Waals surface area contributed by atoms with Crippen molar-refractivity contribution < 1.29 is 18.5 Å². The number of ether oxygens (including phenoxy) is 1. The number of aromatic nitrogens is 1. The van der Waals surface area contributed by atoms with Crippen LogP contribution in [0.3, 0.4) is 0 Å². The van der Waals surface area contributed by atoms with Crippen LogP contribution in [0.1, 0.15) is 64.0 Å². The van der Waals surface area contributed by atoms with E-state index in [1.165, 1.54) is 18.9 Å². The Morgan fingerprint density at radius 3 is 2.54 bits per heavy atom. The number of nitrogens with one attached hydrogen (secondary N) is 2. The van der Waals surface area contributed by atoms with Crippen LogP contribution < -0.4 is 10.6 Å². The van der Waals surface area contributed by atoms with Crippen LogP contribution in [0.5, 0.6) is 0 Å². The van der Waals surface area contributed by atoms with Gasteiger partial charge in [0.2, 0.25) is 5.91 Å². The van der Waals surface area contributed by atoms with Gasteiger partial charge in [-0.05, 0) is 75.0 Å². The first-order valence-electron chi connectivity index (χ1n) is 12.3. The topological polar surface area (TPSA) is 86.3 Å². The van der Waals surface area contributed by atoms with Crippen LogP contribution in [-0.2, 0) is 25.5 Å². The molecule has 4 rings (SSSR count). The lowest BCUT2D eigenvalue weighted by Crippen LogP contribution is -2.47. The molecule has 1 aliphatic carbocycles. The molecule has 190 valence electrons. The summed E-state index contributed by atoms with van der Waals surface area (Å²) in [6.07, 6.45) is 7.90. The van der Waals surface area contributed by atoms with Gasteiger partial charge in [-0.25, -0.2) is 4.39 Å². The normalized spacial score (nSPS) is 23.0. The zero-order valence-electron chi connectivity index (χ0n) is 21.0. The third-order valence-electron chi connectivity index (χ3n) is 7.05. The number of anilines is 1. The number of carbonyl (C=O) groups is 1. The highest BCUT2D eigenvalue weighted by Crippen LogP contribution is 2.49. The fourth-order valence-corrected chi connectivity index (χ4v) is 6.93. The Kier molecular flexibility index (Phi) is 7.86. The Hall–Kier alpha value is -2.00. The van der Waals surface area contributed by atoms with E-state index in [1.807, 2.05) is 32.9 Å². The summed E-state index contributed by atoms with van der Waals surface area (Å²) in [7, 11) is 1.62. The maximum atomic E-state index is 15.0. The quantitative estimate of drug-likeness (QED) is 0.494. The fraction of sp³-hybridized carbons (Fsp3) is 0.556. The Balaban J connectivity index is 1.74. The molecular weight excluding hydrogens is 465 g/mol. The van der Waals surface area contributed by atoms with Crippen molar-refractivity contribution in [3.8, 4) is 0 Å². The molecule has 0 bridgehead atoms. The fourth-order valence-electron chi connectivity index (χ4n) is 4.89. The highest BCUT2D eigenvalue weighted by molar-refractivity contribution is 7.93. The summed E-state index contributed by atoms with van der Waals surface area (Å²) in [6.45, 7) is 6.50. The number of nitrogens with zero attached hydrogens (tertiary/aromatic N) is 1. The van der Waals surface area contributed by atoms with E-state index in [0.717, 1.165) is 17.5 Å². The smallest absolute Gasteiger partial charge is 0.241 e. The molecule has 1 unspecified atom stereocenters. The van der Waals surface area contributed by atoms with E-state index in [4.69, 9.17) is 4.74 Å². The number of benzene rings is 1. The molecule has 35 heavy (non-hydrogen) atoms. The summed E-state index contributed by atoms with van der Waals surface area (Å²) in [5.74, 6) is -0.184. The lowest BCUT2D eigenvalue weighted by molar-refractivity contribution is -0.118. The maximum Gasteiger partial charge on any atom is 0.241 e. The van der Waals surface area contributed by atoms with Gasteiger partial charge < -0.3 is 19.9 Å². The van der Waals surface area contributed by atoms with Gasteiger partial charge in [0.05, 0.1) is 17.8 Å². The summed E-state index contributed by atoms with van der Waals surface area (Å²) in [4.78, 5) is 17.1. The third-order valence-corrected chi connectivity index (χ3v) is 9.47. The summed E-state index contributed by atoms with van der Waals surface area (Å²) in [5.41, 5.74) is 1.74. The number of amides is 1. The van der Waals surface area contributed by atoms with E-state index in [9.17, 15) is 13.7 Å². The van der Waals surface area contributed by atoms with Crippen molar-refractivity contribution in [2.45, 2.75) is 74.5 Å². The van der Waals surface area contributed by atoms with E-state index in [-0.39, 0.29) is 17.7 Å². The Morgan fingerprint density at radius 2 is 1.94 bits per heavy atom. The summed E-state index contributed by atoms with van der Waals surface area (Å²) >= 11 is -1.35. The van der Waals surface area contributed by atoms with Crippen LogP contribution in [0.25, 0.3) is 0 Å². The second-order valence-electron chi connectivity index (χ2n) is 10.7. The van der Waals surface area contributed by atoms with Gasteiger partial charge in [0.15, 0.2) is 4.75 Å². The van der Waals surface area contributed by atoms with Crippen LogP contribution in [-0.4, -0.2) is 46.0 Å². The van der Waals surface area contributed by atoms with Gasteiger partial charge in [-0.3, -0.25) is 9.78 Å². The van der Waals surface area contributed by atoms with E-state index in [2.05, 4.69) is 15.6 Å². The number of pyridine rings is 1. The van der Waals surface area contributed by atoms with Gasteiger partial charge >= 0.3 is 0 Å². The van der Waals surface area contributed by atoms with E-state index < -0.39 is 32.5 Å². The number of methoxy groups -OCH3 is 1. The average molecular weight is 502 g/mol. The number of hydrogen-bond acceptors (Lipinski definition) is 5. The van der Waals surface area contributed by atoms with Crippen molar-refractivity contribution >= 4 is 22.8 Å². The van der Waals surface area contributed by atoms with Gasteiger partial charge in [-0.1, -0.05) is 18.9 Å². The minimum Gasteiger partial charge on any atom is -0.615 e. The van der Waals surface area contributed by atoms with Gasteiger partial charge in [-0.2, -0.15) is 0 Å². The number of carbonyl (C=O) groups excluding carboxylic acids is 1. The van der Waals surface area contributed by atoms with Crippen molar-refractivity contribution in [3.05, 3.63) is 59.7 Å². The van der Waals surface area contributed by atoms with Gasteiger partial charge in [0.1, 0.15) is 10.6 Å². The molecule has 8 heteroatoms. The summed E-state index contributed by atoms with van der Waals surface area (Å²) in [5, 5.41) is 5.90. The molecular formula is C27H36FN3O3S. The number of rotatable bonds is 9.